The number of carbonyl (C=O) groups is 1. The first-order valence-corrected chi connectivity index (χ1v) is 10.1. The van der Waals surface area contributed by atoms with Crippen LogP contribution in [0.25, 0.3) is 22.4 Å². The van der Waals surface area contributed by atoms with Gasteiger partial charge in [0, 0.05) is 5.69 Å². The number of amides is 1. The molecule has 0 fully saturated rings. The number of ether oxygens (including phenoxy) is 1. The van der Waals surface area contributed by atoms with Gasteiger partial charge in [0.15, 0.2) is 5.69 Å². The minimum Gasteiger partial charge on any atom is -0.444 e. The molecule has 1 amide bonds. The number of fused-ring (bicyclic) bond motifs is 1. The van der Waals surface area contributed by atoms with E-state index < -0.39 is 22.3 Å². The van der Waals surface area contributed by atoms with Gasteiger partial charge < -0.3 is 15.5 Å². The molecule has 10 heteroatoms. The highest BCUT2D eigenvalue weighted by Crippen LogP contribution is 2.23. The van der Waals surface area contributed by atoms with Crippen LogP contribution >= 0.6 is 0 Å². The van der Waals surface area contributed by atoms with Crippen molar-refractivity contribution in [2.24, 2.45) is 5.73 Å². The predicted molar refractivity (Wildman–Crippen MR) is 127 cm³/mol. The number of aromatic nitrogens is 2. The fourth-order valence-corrected chi connectivity index (χ4v) is 3.32. The molecule has 0 aliphatic carbocycles. The lowest BCUT2D eigenvalue weighted by Gasteiger charge is -2.09. The van der Waals surface area contributed by atoms with Crippen molar-refractivity contribution in [3.8, 4) is 0 Å². The van der Waals surface area contributed by atoms with E-state index >= 15 is 0 Å². The smallest absolute Gasteiger partial charge is 0.411 e. The number of anilines is 1. The van der Waals surface area contributed by atoms with Gasteiger partial charge in [-0.3, -0.25) is 20.2 Å². The summed E-state index contributed by atoms with van der Waals surface area (Å²) >= 11 is 0. The van der Waals surface area contributed by atoms with E-state index in [1.807, 2.05) is 6.07 Å². The molecule has 10 nitrogen and oxygen atoms in total. The number of aromatic amines is 1. The molecule has 3 aromatic carbocycles. The maximum atomic E-state index is 12.5. The molecule has 0 atom stereocenters. The molecule has 4 N–H and O–H groups in total. The van der Waals surface area contributed by atoms with Crippen LogP contribution < -0.4 is 16.6 Å². The number of nitro groups is 1. The monoisotopic (exact) mass is 457 g/mol. The van der Waals surface area contributed by atoms with E-state index in [2.05, 4.69) is 15.3 Å². The van der Waals surface area contributed by atoms with Gasteiger partial charge in [-0.2, -0.15) is 0 Å². The van der Waals surface area contributed by atoms with Crippen LogP contribution in [0.5, 0.6) is 0 Å². The zero-order valence-corrected chi connectivity index (χ0v) is 17.7. The Morgan fingerprint density at radius 2 is 1.79 bits per heavy atom. The molecular weight excluding hydrogens is 438 g/mol. The molecule has 0 bridgehead atoms. The van der Waals surface area contributed by atoms with Crippen LogP contribution in [0.2, 0.25) is 0 Å². The van der Waals surface area contributed by atoms with Crippen LogP contribution in [0.1, 0.15) is 16.8 Å². The van der Waals surface area contributed by atoms with Crippen LogP contribution in [-0.2, 0) is 11.3 Å². The first-order valence-electron chi connectivity index (χ1n) is 10.1. The van der Waals surface area contributed by atoms with Gasteiger partial charge in [0.2, 0.25) is 0 Å². The van der Waals surface area contributed by atoms with E-state index in [4.69, 9.17) is 10.5 Å². The van der Waals surface area contributed by atoms with Gasteiger partial charge in [-0.1, -0.05) is 42.5 Å². The molecule has 0 saturated heterocycles. The Labute approximate surface area is 192 Å². The largest absolute Gasteiger partial charge is 0.444 e. The van der Waals surface area contributed by atoms with Gasteiger partial charge in [0.25, 0.3) is 5.56 Å². The number of benzene rings is 3. The molecular formula is C24H19N5O5. The van der Waals surface area contributed by atoms with Crippen molar-refractivity contribution in [1.82, 2.24) is 9.97 Å². The van der Waals surface area contributed by atoms with Crippen LogP contribution in [0.3, 0.4) is 0 Å². The number of nitrogens with two attached hydrogens (primary N) is 1. The highest BCUT2D eigenvalue weighted by atomic mass is 16.6. The summed E-state index contributed by atoms with van der Waals surface area (Å²) in [7, 11) is 0. The van der Waals surface area contributed by atoms with Gasteiger partial charge in [0.05, 0.1) is 21.5 Å². The zero-order chi connectivity index (χ0) is 24.1. The normalized spacial score (nSPS) is 11.5. The first kappa shape index (κ1) is 22.2. The van der Waals surface area contributed by atoms with Crippen molar-refractivity contribution in [2.45, 2.75) is 6.61 Å². The Morgan fingerprint density at radius 1 is 1.06 bits per heavy atom. The highest BCUT2D eigenvalue weighted by molar-refractivity contribution is 5.86. The number of hydrogen-bond donors (Lipinski definition) is 3. The van der Waals surface area contributed by atoms with Gasteiger partial charge in [-0.25, -0.2) is 9.78 Å². The van der Waals surface area contributed by atoms with E-state index in [-0.39, 0.29) is 23.6 Å². The van der Waals surface area contributed by atoms with Gasteiger partial charge in [-0.05, 0) is 42.0 Å². The van der Waals surface area contributed by atoms with Crippen molar-refractivity contribution in [1.29, 1.82) is 0 Å². The third-order valence-corrected chi connectivity index (χ3v) is 4.88. The molecule has 0 radical (unpaired) electrons. The van der Waals surface area contributed by atoms with E-state index in [9.17, 15) is 19.7 Å². The minimum atomic E-state index is -0.673. The Bertz CT molecular complexity index is 1460. The Morgan fingerprint density at radius 3 is 2.56 bits per heavy atom. The lowest BCUT2D eigenvalue weighted by Crippen LogP contribution is -2.20. The summed E-state index contributed by atoms with van der Waals surface area (Å²) in [6.07, 6.45) is -0.673. The van der Waals surface area contributed by atoms with Crippen LogP contribution in [0.4, 0.5) is 10.5 Å². The summed E-state index contributed by atoms with van der Waals surface area (Å²) in [4.78, 5) is 42.6. The highest BCUT2D eigenvalue weighted by Gasteiger charge is 2.24. The number of nitrogens with zero attached hydrogens (tertiary/aromatic N) is 2. The third-order valence-electron chi connectivity index (χ3n) is 4.88. The fourth-order valence-electron chi connectivity index (χ4n) is 3.32. The topological polar surface area (TPSA) is 153 Å². The molecule has 170 valence electrons. The van der Waals surface area contributed by atoms with Crippen molar-refractivity contribution in [3.05, 3.63) is 116 Å². The van der Waals surface area contributed by atoms with E-state index in [0.717, 1.165) is 0 Å². The maximum absolute atomic E-state index is 12.5. The third kappa shape index (κ3) is 4.91. The molecule has 4 rings (SSSR count). The van der Waals surface area contributed by atoms with Crippen LogP contribution in [0.15, 0.2) is 83.7 Å². The summed E-state index contributed by atoms with van der Waals surface area (Å²) < 4.78 is 5.21. The standard InChI is InChI=1S/C24H19N5O5/c25-20(21-23(30)28-19-12-5-4-11-18(19)27-21)22(29(32)33)16-8-6-7-15(13-16)14-34-24(31)26-17-9-2-1-3-10-17/h1-13H,14,25H2,(H,26,31)(H,28,30)/b22-20+. The molecule has 1 heterocycles. The SMILES string of the molecule is N/C(=C(\c1cccc(COC(=O)Nc2ccccc2)c1)[N+](=O)[O-])c1nc2ccccc2[nH]c1=O. The van der Waals surface area contributed by atoms with Crippen molar-refractivity contribution in [3.63, 3.8) is 0 Å². The maximum Gasteiger partial charge on any atom is 0.411 e. The summed E-state index contributed by atoms with van der Waals surface area (Å²) in [5.41, 5.74) is 6.45. The number of para-hydroxylation sites is 3. The second kappa shape index (κ2) is 9.65. The zero-order valence-electron chi connectivity index (χ0n) is 17.7. The molecule has 0 aliphatic rings. The number of H-pyrrole nitrogens is 1. The Balaban J connectivity index is 1.61. The molecule has 0 unspecified atom stereocenters. The minimum absolute atomic E-state index is 0.133. The molecule has 1 aromatic heterocycles. The molecule has 34 heavy (non-hydrogen) atoms. The summed E-state index contributed by atoms with van der Waals surface area (Å²) in [6.45, 7) is -0.133. The molecule has 4 aromatic rings. The molecule has 0 saturated carbocycles. The lowest BCUT2D eigenvalue weighted by molar-refractivity contribution is -0.374. The Hall–Kier alpha value is -4.99. The summed E-state index contributed by atoms with van der Waals surface area (Å²) in [5, 5.41) is 14.5. The van der Waals surface area contributed by atoms with Crippen LogP contribution in [-0.4, -0.2) is 21.0 Å². The second-order valence-corrected chi connectivity index (χ2v) is 7.22. The summed E-state index contributed by atoms with van der Waals surface area (Å²) in [5.74, 6) is 0. The van der Waals surface area contributed by atoms with E-state index in [1.54, 1.807) is 60.7 Å². The number of hydrogen-bond acceptors (Lipinski definition) is 7. The van der Waals surface area contributed by atoms with Gasteiger partial charge >= 0.3 is 11.8 Å². The quantitative estimate of drug-likeness (QED) is 0.294. The van der Waals surface area contributed by atoms with E-state index in [1.165, 1.54) is 12.1 Å². The first-order chi connectivity index (χ1) is 16.4. The Kier molecular flexibility index (Phi) is 6.31. The molecule has 0 aliphatic heterocycles. The number of rotatable bonds is 6. The van der Waals surface area contributed by atoms with E-state index in [0.29, 0.717) is 22.3 Å². The van der Waals surface area contributed by atoms with Crippen LogP contribution in [0, 0.1) is 10.1 Å². The van der Waals surface area contributed by atoms with Crippen molar-refractivity contribution < 1.29 is 14.5 Å². The van der Waals surface area contributed by atoms with Crippen molar-refractivity contribution >= 4 is 34.2 Å². The number of carbonyl (C=O) groups excluding carboxylic acids is 1. The van der Waals surface area contributed by atoms with Gasteiger partial charge in [0.1, 0.15) is 12.3 Å². The lowest BCUT2D eigenvalue weighted by atomic mass is 10.1. The van der Waals surface area contributed by atoms with Crippen molar-refractivity contribution in [2.75, 3.05) is 5.32 Å². The number of nitrogens with one attached hydrogen (secondary N) is 2. The molecule has 0 spiro atoms. The average molecular weight is 457 g/mol. The van der Waals surface area contributed by atoms with Gasteiger partial charge in [-0.15, -0.1) is 0 Å². The average Bonchev–Trinajstić information content (AvgIpc) is 2.83. The second-order valence-electron chi connectivity index (χ2n) is 7.22. The fraction of sp³-hybridized carbons (Fsp3) is 0.0417. The summed E-state index contributed by atoms with van der Waals surface area (Å²) in [6, 6.07) is 21.7. The predicted octanol–water partition coefficient (Wildman–Crippen LogP) is 3.73.